The molecular formula is C19H25N3O7. The SMILES string of the molecule is CCOC(=O)C1=C(COC(=O)[C@@H](NC(=O)c2ccco2)C(C)C)NC(=O)N[C@@H]1C. The number of carbonyl (C=O) groups excluding carboxylic acids is 4. The molecule has 0 fully saturated rings. The molecule has 1 aliphatic rings. The molecule has 0 saturated carbocycles. The van der Waals surface area contributed by atoms with Crippen LogP contribution in [0.2, 0.25) is 0 Å². The highest BCUT2D eigenvalue weighted by atomic mass is 16.5. The van der Waals surface area contributed by atoms with Gasteiger partial charge in [0.15, 0.2) is 5.76 Å². The molecule has 0 spiro atoms. The fraction of sp³-hybridized carbons (Fsp3) is 0.474. The van der Waals surface area contributed by atoms with Crippen molar-refractivity contribution in [3.8, 4) is 0 Å². The molecule has 3 N–H and O–H groups in total. The molecule has 158 valence electrons. The monoisotopic (exact) mass is 407 g/mol. The van der Waals surface area contributed by atoms with E-state index in [4.69, 9.17) is 13.9 Å². The highest BCUT2D eigenvalue weighted by Gasteiger charge is 2.32. The Balaban J connectivity index is 2.11. The van der Waals surface area contributed by atoms with Gasteiger partial charge in [-0.2, -0.15) is 0 Å². The van der Waals surface area contributed by atoms with E-state index >= 15 is 0 Å². The Morgan fingerprint density at radius 1 is 1.28 bits per heavy atom. The average Bonchev–Trinajstić information content (AvgIpc) is 3.18. The highest BCUT2D eigenvalue weighted by molar-refractivity contribution is 5.95. The van der Waals surface area contributed by atoms with Gasteiger partial charge in [0.1, 0.15) is 12.6 Å². The van der Waals surface area contributed by atoms with Gasteiger partial charge in [0, 0.05) is 0 Å². The highest BCUT2D eigenvalue weighted by Crippen LogP contribution is 2.15. The molecule has 0 aliphatic carbocycles. The van der Waals surface area contributed by atoms with Crippen molar-refractivity contribution in [2.24, 2.45) is 5.92 Å². The number of hydrogen-bond donors (Lipinski definition) is 3. The van der Waals surface area contributed by atoms with Crippen molar-refractivity contribution in [3.05, 3.63) is 35.4 Å². The quantitative estimate of drug-likeness (QED) is 0.549. The Labute approximate surface area is 168 Å². The number of amides is 3. The van der Waals surface area contributed by atoms with Crippen molar-refractivity contribution in [1.29, 1.82) is 0 Å². The number of rotatable bonds is 8. The number of urea groups is 1. The van der Waals surface area contributed by atoms with Crippen LogP contribution in [0, 0.1) is 5.92 Å². The number of ether oxygens (including phenoxy) is 2. The molecule has 0 bridgehead atoms. The van der Waals surface area contributed by atoms with Crippen molar-refractivity contribution in [2.45, 2.75) is 39.8 Å². The Kier molecular flexibility index (Phi) is 7.40. The number of carbonyl (C=O) groups is 4. The third-order valence-corrected chi connectivity index (χ3v) is 4.18. The minimum Gasteiger partial charge on any atom is -0.463 e. The molecule has 2 atom stereocenters. The topological polar surface area (TPSA) is 136 Å². The van der Waals surface area contributed by atoms with E-state index in [1.807, 2.05) is 0 Å². The lowest BCUT2D eigenvalue weighted by Crippen LogP contribution is -2.50. The minimum atomic E-state index is -0.950. The van der Waals surface area contributed by atoms with Crippen LogP contribution in [-0.2, 0) is 19.1 Å². The van der Waals surface area contributed by atoms with Gasteiger partial charge < -0.3 is 29.8 Å². The van der Waals surface area contributed by atoms with Gasteiger partial charge in [-0.25, -0.2) is 14.4 Å². The summed E-state index contributed by atoms with van der Waals surface area (Å²) < 4.78 is 15.3. The van der Waals surface area contributed by atoms with Gasteiger partial charge in [0.2, 0.25) is 0 Å². The first-order valence-electron chi connectivity index (χ1n) is 9.23. The summed E-state index contributed by atoms with van der Waals surface area (Å²) in [5.74, 6) is -2.10. The largest absolute Gasteiger partial charge is 0.463 e. The zero-order chi connectivity index (χ0) is 21.6. The summed E-state index contributed by atoms with van der Waals surface area (Å²) in [4.78, 5) is 48.7. The lowest BCUT2D eigenvalue weighted by Gasteiger charge is -2.27. The number of hydrogen-bond acceptors (Lipinski definition) is 7. The first kappa shape index (κ1) is 22.0. The van der Waals surface area contributed by atoms with Crippen LogP contribution < -0.4 is 16.0 Å². The predicted octanol–water partition coefficient (Wildman–Crippen LogP) is 1.10. The molecule has 1 aromatic heterocycles. The second-order valence-electron chi connectivity index (χ2n) is 6.71. The first-order valence-corrected chi connectivity index (χ1v) is 9.23. The zero-order valence-corrected chi connectivity index (χ0v) is 16.7. The van der Waals surface area contributed by atoms with E-state index in [1.54, 1.807) is 33.8 Å². The van der Waals surface area contributed by atoms with Crippen molar-refractivity contribution < 1.29 is 33.1 Å². The second kappa shape index (κ2) is 9.76. The summed E-state index contributed by atoms with van der Waals surface area (Å²) in [6, 6.07) is 0.941. The maximum absolute atomic E-state index is 12.6. The Bertz CT molecular complexity index is 799. The summed E-state index contributed by atoms with van der Waals surface area (Å²) in [6.07, 6.45) is 1.35. The molecule has 0 aromatic carbocycles. The zero-order valence-electron chi connectivity index (χ0n) is 16.7. The molecule has 2 rings (SSSR count). The molecule has 1 aliphatic heterocycles. The fourth-order valence-electron chi connectivity index (χ4n) is 2.74. The van der Waals surface area contributed by atoms with Crippen molar-refractivity contribution in [2.75, 3.05) is 13.2 Å². The maximum atomic E-state index is 12.6. The number of furan rings is 1. The normalized spacial score (nSPS) is 17.3. The third kappa shape index (κ3) is 5.59. The van der Waals surface area contributed by atoms with Crippen LogP contribution in [0.5, 0.6) is 0 Å². The smallest absolute Gasteiger partial charge is 0.338 e. The summed E-state index contributed by atoms with van der Waals surface area (Å²) in [5.41, 5.74) is 0.299. The van der Waals surface area contributed by atoms with E-state index in [0.717, 1.165) is 0 Å². The van der Waals surface area contributed by atoms with E-state index in [0.29, 0.717) is 0 Å². The van der Waals surface area contributed by atoms with E-state index in [-0.39, 0.29) is 36.2 Å². The minimum absolute atomic E-state index is 0.0650. The molecule has 0 saturated heterocycles. The molecule has 2 heterocycles. The van der Waals surface area contributed by atoms with Crippen LogP contribution in [0.1, 0.15) is 38.2 Å². The Morgan fingerprint density at radius 2 is 2.00 bits per heavy atom. The van der Waals surface area contributed by atoms with Crippen LogP contribution in [0.25, 0.3) is 0 Å². The van der Waals surface area contributed by atoms with Gasteiger partial charge in [0.25, 0.3) is 5.91 Å². The van der Waals surface area contributed by atoms with Gasteiger partial charge in [-0.05, 0) is 31.9 Å². The van der Waals surface area contributed by atoms with Gasteiger partial charge >= 0.3 is 18.0 Å². The number of esters is 2. The van der Waals surface area contributed by atoms with E-state index in [2.05, 4.69) is 16.0 Å². The molecule has 3 amide bonds. The molecule has 0 unspecified atom stereocenters. The molecule has 0 radical (unpaired) electrons. The van der Waals surface area contributed by atoms with Crippen LogP contribution >= 0.6 is 0 Å². The van der Waals surface area contributed by atoms with Crippen LogP contribution in [0.15, 0.2) is 34.1 Å². The summed E-state index contributed by atoms with van der Waals surface area (Å²) in [6.45, 7) is 6.56. The first-order chi connectivity index (χ1) is 13.7. The Morgan fingerprint density at radius 3 is 2.59 bits per heavy atom. The van der Waals surface area contributed by atoms with Crippen LogP contribution in [0.3, 0.4) is 0 Å². The summed E-state index contributed by atoms with van der Waals surface area (Å²) in [5, 5.41) is 7.59. The summed E-state index contributed by atoms with van der Waals surface area (Å²) in [7, 11) is 0. The molecule has 10 nitrogen and oxygen atoms in total. The standard InChI is InChI=1S/C19H25N3O7/c1-5-27-17(24)14-11(4)20-19(26)21-12(14)9-29-18(25)15(10(2)3)22-16(23)13-7-6-8-28-13/h6-8,10-11,15H,5,9H2,1-4H3,(H,22,23)(H2,20,21,26)/t11-,15+/m1/s1. The van der Waals surface area contributed by atoms with Crippen LogP contribution in [-0.4, -0.2) is 49.2 Å². The third-order valence-electron chi connectivity index (χ3n) is 4.18. The van der Waals surface area contributed by atoms with Gasteiger partial charge in [-0.15, -0.1) is 0 Å². The second-order valence-corrected chi connectivity index (χ2v) is 6.71. The lowest BCUT2D eigenvalue weighted by molar-refractivity contribution is -0.146. The predicted molar refractivity (Wildman–Crippen MR) is 101 cm³/mol. The molecule has 1 aromatic rings. The molecule has 10 heteroatoms. The van der Waals surface area contributed by atoms with Crippen molar-refractivity contribution in [1.82, 2.24) is 16.0 Å². The summed E-state index contributed by atoms with van der Waals surface area (Å²) >= 11 is 0. The Hall–Kier alpha value is -3.30. The van der Waals surface area contributed by atoms with E-state index in [1.165, 1.54) is 12.3 Å². The van der Waals surface area contributed by atoms with Crippen molar-refractivity contribution in [3.63, 3.8) is 0 Å². The van der Waals surface area contributed by atoms with Gasteiger partial charge in [-0.3, -0.25) is 4.79 Å². The maximum Gasteiger partial charge on any atom is 0.338 e. The van der Waals surface area contributed by atoms with E-state index < -0.39 is 36.0 Å². The molecular weight excluding hydrogens is 382 g/mol. The molecule has 29 heavy (non-hydrogen) atoms. The lowest BCUT2D eigenvalue weighted by atomic mass is 10.0. The van der Waals surface area contributed by atoms with Gasteiger partial charge in [0.05, 0.1) is 30.2 Å². The van der Waals surface area contributed by atoms with E-state index in [9.17, 15) is 19.2 Å². The number of nitrogens with one attached hydrogen (secondary N) is 3. The van der Waals surface area contributed by atoms with Crippen molar-refractivity contribution >= 4 is 23.9 Å². The fourth-order valence-corrected chi connectivity index (χ4v) is 2.74. The average molecular weight is 407 g/mol. The van der Waals surface area contributed by atoms with Crippen LogP contribution in [0.4, 0.5) is 4.79 Å². The van der Waals surface area contributed by atoms with Gasteiger partial charge in [-0.1, -0.05) is 13.8 Å².